The third kappa shape index (κ3) is 3.61. The van der Waals surface area contributed by atoms with E-state index in [4.69, 9.17) is 9.47 Å². The molecule has 22 heavy (non-hydrogen) atoms. The zero-order chi connectivity index (χ0) is 16.9. The third-order valence-corrected chi connectivity index (χ3v) is 3.74. The molecule has 0 aromatic heterocycles. The molecule has 0 saturated carbocycles. The highest BCUT2D eigenvalue weighted by atomic mass is 16.5. The number of ether oxygens (including phenoxy) is 2. The summed E-state index contributed by atoms with van der Waals surface area (Å²) < 4.78 is 10.4. The molecule has 0 amide bonds. The standard InChI is InChI=1S/C16H26N2O4/c1-7-9(3)17-11-13(19)16(22-6)12(18-10(4)8-2)14(20)15(11)21-5/h9-10,17-18H,7-8H2,1-6H3. The van der Waals surface area contributed by atoms with E-state index in [1.165, 1.54) is 14.2 Å². The zero-order valence-electron chi connectivity index (χ0n) is 14.2. The van der Waals surface area contributed by atoms with Crippen molar-refractivity contribution in [3.8, 4) is 0 Å². The summed E-state index contributed by atoms with van der Waals surface area (Å²) in [5, 5.41) is 6.09. The maximum absolute atomic E-state index is 12.6. The molecule has 0 aliphatic heterocycles. The van der Waals surface area contributed by atoms with Crippen LogP contribution in [0.2, 0.25) is 0 Å². The lowest BCUT2D eigenvalue weighted by atomic mass is 10.00. The highest BCUT2D eigenvalue weighted by Gasteiger charge is 2.37. The van der Waals surface area contributed by atoms with Crippen LogP contribution in [0.1, 0.15) is 40.5 Å². The van der Waals surface area contributed by atoms with Gasteiger partial charge in [0.25, 0.3) is 0 Å². The first-order valence-electron chi connectivity index (χ1n) is 7.60. The molecule has 0 bridgehead atoms. The van der Waals surface area contributed by atoms with Crippen LogP contribution in [-0.4, -0.2) is 37.9 Å². The van der Waals surface area contributed by atoms with Crippen LogP contribution in [0, 0.1) is 0 Å². The fraction of sp³-hybridized carbons (Fsp3) is 0.625. The number of Topliss-reactive ketones (excluding diaryl/α,β-unsaturated/α-hetero) is 2. The molecule has 1 aliphatic carbocycles. The van der Waals surface area contributed by atoms with Crippen molar-refractivity contribution in [2.45, 2.75) is 52.6 Å². The molecule has 124 valence electrons. The van der Waals surface area contributed by atoms with Crippen LogP contribution in [0.3, 0.4) is 0 Å². The van der Waals surface area contributed by atoms with Crippen molar-refractivity contribution in [1.29, 1.82) is 0 Å². The van der Waals surface area contributed by atoms with Crippen LogP contribution in [0.4, 0.5) is 0 Å². The largest absolute Gasteiger partial charge is 0.491 e. The van der Waals surface area contributed by atoms with Crippen molar-refractivity contribution in [3.63, 3.8) is 0 Å². The Hall–Kier alpha value is -1.98. The Morgan fingerprint density at radius 1 is 0.818 bits per heavy atom. The molecule has 0 aromatic rings. The van der Waals surface area contributed by atoms with Crippen LogP contribution in [-0.2, 0) is 19.1 Å². The quantitative estimate of drug-likeness (QED) is 0.664. The van der Waals surface area contributed by atoms with E-state index < -0.39 is 0 Å². The minimum Gasteiger partial charge on any atom is -0.491 e. The molecule has 0 spiro atoms. The smallest absolute Gasteiger partial charge is 0.249 e. The SMILES string of the molecule is CCC(C)NC1=C(OC)C(=O)C(NC(C)CC)=C(OC)C1=O. The summed E-state index contributed by atoms with van der Waals surface area (Å²) in [6.45, 7) is 7.84. The van der Waals surface area contributed by atoms with Crippen LogP contribution in [0.25, 0.3) is 0 Å². The second-order valence-corrected chi connectivity index (χ2v) is 5.38. The molecule has 0 radical (unpaired) electrons. The monoisotopic (exact) mass is 310 g/mol. The minimum absolute atomic E-state index is 0.0249. The molecule has 1 aliphatic rings. The van der Waals surface area contributed by atoms with Gasteiger partial charge in [-0.1, -0.05) is 13.8 Å². The molecule has 6 heteroatoms. The van der Waals surface area contributed by atoms with E-state index in [0.717, 1.165) is 12.8 Å². The summed E-state index contributed by atoms with van der Waals surface area (Å²) in [6.07, 6.45) is 1.62. The lowest BCUT2D eigenvalue weighted by Crippen LogP contribution is -2.41. The van der Waals surface area contributed by atoms with E-state index >= 15 is 0 Å². The number of carbonyl (C=O) groups is 2. The normalized spacial score (nSPS) is 18.3. The van der Waals surface area contributed by atoms with Gasteiger partial charge in [0.15, 0.2) is 11.5 Å². The van der Waals surface area contributed by atoms with Gasteiger partial charge in [0.05, 0.1) is 14.2 Å². The Labute approximate surface area is 131 Å². The molecule has 2 unspecified atom stereocenters. The van der Waals surface area contributed by atoms with E-state index in [-0.39, 0.29) is 46.6 Å². The molecule has 0 fully saturated rings. The first-order valence-corrected chi connectivity index (χ1v) is 7.60. The molecular formula is C16H26N2O4. The molecule has 0 aromatic carbocycles. The second kappa shape index (κ2) is 7.87. The molecule has 0 saturated heterocycles. The Balaban J connectivity index is 3.26. The summed E-state index contributed by atoms with van der Waals surface area (Å²) in [4.78, 5) is 25.3. The van der Waals surface area contributed by atoms with Crippen molar-refractivity contribution in [2.24, 2.45) is 0 Å². The van der Waals surface area contributed by atoms with Gasteiger partial charge in [-0.3, -0.25) is 9.59 Å². The van der Waals surface area contributed by atoms with E-state index in [1.807, 2.05) is 27.7 Å². The Morgan fingerprint density at radius 2 is 1.14 bits per heavy atom. The fourth-order valence-electron chi connectivity index (χ4n) is 2.01. The topological polar surface area (TPSA) is 76.7 Å². The number of rotatable bonds is 8. The predicted octanol–water partition coefficient (Wildman–Crippen LogP) is 1.63. The third-order valence-electron chi connectivity index (χ3n) is 3.74. The first-order chi connectivity index (χ1) is 10.4. The number of methoxy groups -OCH3 is 2. The summed E-state index contributed by atoms with van der Waals surface area (Å²) >= 11 is 0. The minimum atomic E-state index is -0.370. The molecule has 2 atom stereocenters. The van der Waals surface area contributed by atoms with Crippen LogP contribution >= 0.6 is 0 Å². The lowest BCUT2D eigenvalue weighted by molar-refractivity contribution is -0.121. The molecular weight excluding hydrogens is 284 g/mol. The maximum atomic E-state index is 12.6. The van der Waals surface area contributed by atoms with Gasteiger partial charge in [-0.05, 0) is 26.7 Å². The highest BCUT2D eigenvalue weighted by Crippen LogP contribution is 2.24. The van der Waals surface area contributed by atoms with Gasteiger partial charge in [-0.15, -0.1) is 0 Å². The molecule has 6 nitrogen and oxygen atoms in total. The lowest BCUT2D eigenvalue weighted by Gasteiger charge is -2.26. The number of hydrogen-bond donors (Lipinski definition) is 2. The Bertz CT molecular complexity index is 462. The average molecular weight is 310 g/mol. The van der Waals surface area contributed by atoms with E-state index in [1.54, 1.807) is 0 Å². The second-order valence-electron chi connectivity index (χ2n) is 5.38. The predicted molar refractivity (Wildman–Crippen MR) is 83.9 cm³/mol. The van der Waals surface area contributed by atoms with Gasteiger partial charge < -0.3 is 20.1 Å². The Morgan fingerprint density at radius 3 is 1.36 bits per heavy atom. The van der Waals surface area contributed by atoms with Crippen molar-refractivity contribution in [1.82, 2.24) is 10.6 Å². The summed E-state index contributed by atoms with van der Waals surface area (Å²) in [6, 6.07) is 0.0816. The van der Waals surface area contributed by atoms with Crippen LogP contribution in [0.5, 0.6) is 0 Å². The average Bonchev–Trinajstić information content (AvgIpc) is 2.52. The van der Waals surface area contributed by atoms with Gasteiger partial charge in [0.2, 0.25) is 11.6 Å². The fourth-order valence-corrected chi connectivity index (χ4v) is 2.01. The first kappa shape index (κ1) is 18.1. The van der Waals surface area contributed by atoms with Crippen molar-refractivity contribution in [2.75, 3.05) is 14.2 Å². The van der Waals surface area contributed by atoms with Crippen molar-refractivity contribution < 1.29 is 19.1 Å². The van der Waals surface area contributed by atoms with Crippen LogP contribution < -0.4 is 10.6 Å². The van der Waals surface area contributed by atoms with Gasteiger partial charge in [0, 0.05) is 12.1 Å². The number of carbonyl (C=O) groups excluding carboxylic acids is 2. The van der Waals surface area contributed by atoms with Gasteiger partial charge in [0.1, 0.15) is 11.4 Å². The summed E-state index contributed by atoms with van der Waals surface area (Å²) in [5.74, 6) is -0.691. The van der Waals surface area contributed by atoms with Crippen molar-refractivity contribution >= 4 is 11.6 Å². The Kier molecular flexibility index (Phi) is 6.46. The van der Waals surface area contributed by atoms with Crippen LogP contribution in [0.15, 0.2) is 22.9 Å². The zero-order valence-corrected chi connectivity index (χ0v) is 14.2. The maximum Gasteiger partial charge on any atom is 0.249 e. The number of nitrogens with one attached hydrogen (secondary N) is 2. The van der Waals surface area contributed by atoms with E-state index in [0.29, 0.717) is 0 Å². The van der Waals surface area contributed by atoms with E-state index in [9.17, 15) is 9.59 Å². The molecule has 0 heterocycles. The van der Waals surface area contributed by atoms with Crippen molar-refractivity contribution in [3.05, 3.63) is 22.9 Å². The van der Waals surface area contributed by atoms with Gasteiger partial charge >= 0.3 is 0 Å². The van der Waals surface area contributed by atoms with Gasteiger partial charge in [-0.2, -0.15) is 0 Å². The van der Waals surface area contributed by atoms with Gasteiger partial charge in [-0.25, -0.2) is 0 Å². The molecule has 2 N–H and O–H groups in total. The van der Waals surface area contributed by atoms with E-state index in [2.05, 4.69) is 10.6 Å². The summed E-state index contributed by atoms with van der Waals surface area (Å²) in [7, 11) is 2.77. The highest BCUT2D eigenvalue weighted by molar-refractivity contribution is 6.23. The number of ketones is 2. The number of hydrogen-bond acceptors (Lipinski definition) is 6. The molecule has 1 rings (SSSR count). The summed E-state index contributed by atoms with van der Waals surface area (Å²) in [5.41, 5.74) is 0.321.